The molecule has 0 unspecified atom stereocenters. The molecular formula is C8H5F5N2O3. The molecule has 0 atom stereocenters. The molecule has 0 bridgehead atoms. The summed E-state index contributed by atoms with van der Waals surface area (Å²) >= 11 is 0. The summed E-state index contributed by atoms with van der Waals surface area (Å²) < 4.78 is 64.4. The van der Waals surface area contributed by atoms with Crippen molar-refractivity contribution in [1.29, 1.82) is 0 Å². The Labute approximate surface area is 96.3 Å². The number of hydrogen-bond donors (Lipinski definition) is 0. The normalized spacial score (nSPS) is 11.7. The smallest absolute Gasteiger partial charge is 0.403 e. The summed E-state index contributed by atoms with van der Waals surface area (Å²) in [6.07, 6.45) is -8.37. The second kappa shape index (κ2) is 4.70. The Bertz CT molecular complexity index is 475. The van der Waals surface area contributed by atoms with E-state index < -0.39 is 40.4 Å². The Kier molecular flexibility index (Phi) is 3.67. The molecule has 1 heterocycles. The van der Waals surface area contributed by atoms with Crippen molar-refractivity contribution >= 4 is 5.69 Å². The molecule has 1 aromatic rings. The SMILES string of the molecule is Cc1ncc(OC(F)(F)F)c(C(F)F)c1[N+](=O)[O-]. The molecule has 0 N–H and O–H groups in total. The number of rotatable bonds is 3. The minimum atomic E-state index is -5.24. The van der Waals surface area contributed by atoms with Gasteiger partial charge in [0.05, 0.1) is 11.1 Å². The van der Waals surface area contributed by atoms with Gasteiger partial charge in [0.15, 0.2) is 5.75 Å². The van der Waals surface area contributed by atoms with E-state index in [0.29, 0.717) is 6.20 Å². The average molecular weight is 272 g/mol. The second-order valence-corrected chi connectivity index (χ2v) is 3.08. The maximum Gasteiger partial charge on any atom is 0.573 e. The number of nitro groups is 1. The number of alkyl halides is 5. The second-order valence-electron chi connectivity index (χ2n) is 3.08. The lowest BCUT2D eigenvalue weighted by Gasteiger charge is -2.13. The van der Waals surface area contributed by atoms with Crippen molar-refractivity contribution in [3.05, 3.63) is 27.6 Å². The molecule has 100 valence electrons. The maximum atomic E-state index is 12.6. The van der Waals surface area contributed by atoms with Crippen LogP contribution < -0.4 is 4.74 Å². The highest BCUT2D eigenvalue weighted by Gasteiger charge is 2.37. The van der Waals surface area contributed by atoms with Crippen LogP contribution in [0.4, 0.5) is 27.6 Å². The molecule has 0 aliphatic carbocycles. The molecular weight excluding hydrogens is 267 g/mol. The zero-order valence-corrected chi connectivity index (χ0v) is 8.66. The fraction of sp³-hybridized carbons (Fsp3) is 0.375. The third-order valence-electron chi connectivity index (χ3n) is 1.87. The summed E-state index contributed by atoms with van der Waals surface area (Å²) in [7, 11) is 0. The van der Waals surface area contributed by atoms with Crippen LogP contribution in [0.3, 0.4) is 0 Å². The van der Waals surface area contributed by atoms with Crippen LogP contribution in [0.5, 0.6) is 5.75 Å². The third kappa shape index (κ3) is 3.02. The van der Waals surface area contributed by atoms with Gasteiger partial charge in [0.25, 0.3) is 6.43 Å². The van der Waals surface area contributed by atoms with Gasteiger partial charge in [-0.05, 0) is 6.92 Å². The van der Waals surface area contributed by atoms with Crippen LogP contribution >= 0.6 is 0 Å². The molecule has 0 aliphatic heterocycles. The number of ether oxygens (including phenoxy) is 1. The summed E-state index contributed by atoms with van der Waals surface area (Å²) in [6, 6.07) is 0. The van der Waals surface area contributed by atoms with Crippen molar-refractivity contribution in [3.63, 3.8) is 0 Å². The third-order valence-corrected chi connectivity index (χ3v) is 1.87. The molecule has 1 aromatic heterocycles. The monoisotopic (exact) mass is 272 g/mol. The van der Waals surface area contributed by atoms with E-state index in [1.807, 2.05) is 0 Å². The number of hydrogen-bond acceptors (Lipinski definition) is 4. The first-order chi connectivity index (χ1) is 8.13. The molecule has 0 radical (unpaired) electrons. The first-order valence-electron chi connectivity index (χ1n) is 4.31. The highest BCUT2D eigenvalue weighted by molar-refractivity contribution is 5.51. The highest BCUT2D eigenvalue weighted by Crippen LogP contribution is 2.39. The van der Waals surface area contributed by atoms with Crippen LogP contribution in [0, 0.1) is 17.0 Å². The number of pyridine rings is 1. The van der Waals surface area contributed by atoms with E-state index in [9.17, 15) is 32.1 Å². The molecule has 0 aromatic carbocycles. The van der Waals surface area contributed by atoms with E-state index in [2.05, 4.69) is 9.72 Å². The fourth-order valence-corrected chi connectivity index (χ4v) is 1.25. The Morgan fingerprint density at radius 2 is 2.00 bits per heavy atom. The lowest BCUT2D eigenvalue weighted by atomic mass is 10.1. The molecule has 0 saturated carbocycles. The van der Waals surface area contributed by atoms with Crippen molar-refractivity contribution in [2.45, 2.75) is 19.7 Å². The van der Waals surface area contributed by atoms with Crippen molar-refractivity contribution in [2.75, 3.05) is 0 Å². The lowest BCUT2D eigenvalue weighted by molar-refractivity contribution is -0.387. The maximum absolute atomic E-state index is 12.6. The van der Waals surface area contributed by atoms with Crippen LogP contribution in [0.15, 0.2) is 6.20 Å². The molecule has 0 amide bonds. The Hall–Kier alpha value is -2.00. The summed E-state index contributed by atoms with van der Waals surface area (Å²) in [4.78, 5) is 12.6. The first-order valence-corrected chi connectivity index (χ1v) is 4.31. The zero-order chi connectivity index (χ0) is 14.1. The van der Waals surface area contributed by atoms with E-state index in [1.54, 1.807) is 0 Å². The van der Waals surface area contributed by atoms with Crippen LogP contribution in [-0.2, 0) is 0 Å². The van der Waals surface area contributed by atoms with E-state index in [4.69, 9.17) is 0 Å². The fourth-order valence-electron chi connectivity index (χ4n) is 1.25. The number of nitrogens with zero attached hydrogens (tertiary/aromatic N) is 2. The average Bonchev–Trinajstić information content (AvgIpc) is 2.17. The summed E-state index contributed by atoms with van der Waals surface area (Å²) in [5, 5.41) is 10.6. The van der Waals surface area contributed by atoms with Crippen molar-refractivity contribution < 1.29 is 31.6 Å². The van der Waals surface area contributed by atoms with Crippen LogP contribution in [0.1, 0.15) is 17.7 Å². The van der Waals surface area contributed by atoms with Gasteiger partial charge in [0.1, 0.15) is 11.3 Å². The Morgan fingerprint density at radius 3 is 2.39 bits per heavy atom. The van der Waals surface area contributed by atoms with E-state index in [1.165, 1.54) is 0 Å². The largest absolute Gasteiger partial charge is 0.573 e. The molecule has 1 rings (SSSR count). The molecule has 0 saturated heterocycles. The molecule has 18 heavy (non-hydrogen) atoms. The Balaban J connectivity index is 3.44. The molecule has 5 nitrogen and oxygen atoms in total. The van der Waals surface area contributed by atoms with E-state index >= 15 is 0 Å². The van der Waals surface area contributed by atoms with Crippen molar-refractivity contribution in [2.24, 2.45) is 0 Å². The van der Waals surface area contributed by atoms with Gasteiger partial charge in [-0.2, -0.15) is 0 Å². The summed E-state index contributed by atoms with van der Waals surface area (Å²) in [5.74, 6) is -1.38. The van der Waals surface area contributed by atoms with Crippen LogP contribution in [0.25, 0.3) is 0 Å². The van der Waals surface area contributed by atoms with Crippen molar-refractivity contribution in [1.82, 2.24) is 4.98 Å². The number of aryl methyl sites for hydroxylation is 1. The Morgan fingerprint density at radius 1 is 1.44 bits per heavy atom. The quantitative estimate of drug-likeness (QED) is 0.481. The summed E-state index contributed by atoms with van der Waals surface area (Å²) in [6.45, 7) is 1.03. The molecule has 0 aliphatic rings. The summed E-state index contributed by atoms with van der Waals surface area (Å²) in [5.41, 5.74) is -3.05. The standard InChI is InChI=1S/C8H5F5N2O3/c1-3-6(15(16)17)5(7(9)10)4(2-14-3)18-8(11,12)13/h2,7H,1H3. The van der Waals surface area contributed by atoms with Gasteiger partial charge in [-0.25, -0.2) is 8.78 Å². The highest BCUT2D eigenvalue weighted by atomic mass is 19.4. The van der Waals surface area contributed by atoms with Crippen LogP contribution in [-0.4, -0.2) is 16.3 Å². The first kappa shape index (κ1) is 14.1. The van der Waals surface area contributed by atoms with Gasteiger partial charge in [-0.1, -0.05) is 0 Å². The van der Waals surface area contributed by atoms with Gasteiger partial charge >= 0.3 is 12.0 Å². The van der Waals surface area contributed by atoms with E-state index in [0.717, 1.165) is 6.92 Å². The molecule has 10 heteroatoms. The van der Waals surface area contributed by atoms with Gasteiger partial charge in [0.2, 0.25) is 0 Å². The van der Waals surface area contributed by atoms with Gasteiger partial charge in [-0.15, -0.1) is 13.2 Å². The zero-order valence-electron chi connectivity index (χ0n) is 8.66. The predicted octanol–water partition coefficient (Wildman–Crippen LogP) is 3.13. The number of halogens is 5. The number of aromatic nitrogens is 1. The molecule has 0 fully saturated rings. The van der Waals surface area contributed by atoms with Gasteiger partial charge < -0.3 is 4.74 Å². The van der Waals surface area contributed by atoms with Crippen molar-refractivity contribution in [3.8, 4) is 5.75 Å². The minimum Gasteiger partial charge on any atom is -0.403 e. The van der Waals surface area contributed by atoms with Gasteiger partial charge in [0, 0.05) is 0 Å². The van der Waals surface area contributed by atoms with E-state index in [-0.39, 0.29) is 0 Å². The minimum absolute atomic E-state index is 0.372. The predicted molar refractivity (Wildman–Crippen MR) is 47.3 cm³/mol. The lowest BCUT2D eigenvalue weighted by Crippen LogP contribution is -2.19. The molecule has 0 spiro atoms. The van der Waals surface area contributed by atoms with Gasteiger partial charge in [-0.3, -0.25) is 15.1 Å². The van der Waals surface area contributed by atoms with Crippen LogP contribution in [0.2, 0.25) is 0 Å². The topological polar surface area (TPSA) is 65.3 Å².